The van der Waals surface area contributed by atoms with Crippen LogP contribution in [0.4, 0.5) is 0 Å². The lowest BCUT2D eigenvalue weighted by molar-refractivity contribution is 0.132. The molecule has 72 valence electrons. The van der Waals surface area contributed by atoms with Gasteiger partial charge in [0.25, 0.3) is 0 Å². The molecular formula is C9H14O3Si. The van der Waals surface area contributed by atoms with Gasteiger partial charge in [0.15, 0.2) is 0 Å². The standard InChI is InChI=1S/C9H14O3Si/c1-2-11-13(10)12-8-9-6-4-3-5-7-9/h3-7,10,13H,2,8H2,1H3. The molecule has 1 rings (SSSR count). The molecule has 3 nitrogen and oxygen atoms in total. The zero-order chi connectivity index (χ0) is 9.52. The van der Waals surface area contributed by atoms with Crippen molar-refractivity contribution in [1.82, 2.24) is 0 Å². The van der Waals surface area contributed by atoms with Crippen molar-refractivity contribution >= 4 is 9.53 Å². The Morgan fingerprint density at radius 3 is 2.54 bits per heavy atom. The molecule has 0 saturated heterocycles. The van der Waals surface area contributed by atoms with Crippen molar-refractivity contribution in [3.63, 3.8) is 0 Å². The van der Waals surface area contributed by atoms with Gasteiger partial charge in [-0.15, -0.1) is 0 Å². The molecule has 0 aromatic heterocycles. The summed E-state index contributed by atoms with van der Waals surface area (Å²) < 4.78 is 10.1. The predicted octanol–water partition coefficient (Wildman–Crippen LogP) is 0.949. The summed E-state index contributed by atoms with van der Waals surface area (Å²) in [6, 6.07) is 9.72. The Labute approximate surface area is 79.9 Å². The van der Waals surface area contributed by atoms with Crippen LogP contribution >= 0.6 is 0 Å². The molecule has 1 unspecified atom stereocenters. The highest BCUT2D eigenvalue weighted by molar-refractivity contribution is 6.34. The van der Waals surface area contributed by atoms with Gasteiger partial charge in [0.05, 0.1) is 6.61 Å². The van der Waals surface area contributed by atoms with E-state index in [-0.39, 0.29) is 0 Å². The molecule has 0 aliphatic rings. The summed E-state index contributed by atoms with van der Waals surface area (Å²) in [6.45, 7) is 2.76. The highest BCUT2D eigenvalue weighted by atomic mass is 28.3. The zero-order valence-corrected chi connectivity index (χ0v) is 8.80. The van der Waals surface area contributed by atoms with E-state index in [1.165, 1.54) is 0 Å². The number of benzene rings is 1. The minimum atomic E-state index is -2.37. The summed E-state index contributed by atoms with van der Waals surface area (Å²) in [7, 11) is -2.37. The second kappa shape index (κ2) is 5.88. The van der Waals surface area contributed by atoms with Crippen LogP contribution in [0.5, 0.6) is 0 Å². The lowest BCUT2D eigenvalue weighted by Crippen LogP contribution is -2.22. The van der Waals surface area contributed by atoms with E-state index in [2.05, 4.69) is 0 Å². The summed E-state index contributed by atoms with van der Waals surface area (Å²) >= 11 is 0. The number of rotatable bonds is 5. The van der Waals surface area contributed by atoms with Crippen molar-refractivity contribution < 1.29 is 13.6 Å². The lowest BCUT2D eigenvalue weighted by Gasteiger charge is -2.08. The van der Waals surface area contributed by atoms with Crippen LogP contribution in [0.2, 0.25) is 0 Å². The van der Waals surface area contributed by atoms with Gasteiger partial charge in [-0.3, -0.25) is 0 Å². The molecule has 0 bridgehead atoms. The topological polar surface area (TPSA) is 38.7 Å². The molecule has 1 aromatic rings. The minimum Gasteiger partial charge on any atom is -0.392 e. The molecule has 4 heteroatoms. The van der Waals surface area contributed by atoms with Crippen molar-refractivity contribution in [2.45, 2.75) is 13.5 Å². The van der Waals surface area contributed by atoms with E-state index in [4.69, 9.17) is 8.85 Å². The summed E-state index contributed by atoms with van der Waals surface area (Å²) in [5, 5.41) is 0. The first-order chi connectivity index (χ1) is 6.33. The van der Waals surface area contributed by atoms with E-state index in [1.807, 2.05) is 37.3 Å². The fraction of sp³-hybridized carbons (Fsp3) is 0.333. The highest BCUT2D eigenvalue weighted by Gasteiger charge is 2.07. The first kappa shape index (κ1) is 10.4. The average Bonchev–Trinajstić information content (AvgIpc) is 2.17. The molecule has 0 amide bonds. The fourth-order valence-electron chi connectivity index (χ4n) is 0.932. The maximum absolute atomic E-state index is 9.20. The van der Waals surface area contributed by atoms with Crippen LogP contribution in [0.25, 0.3) is 0 Å². The van der Waals surface area contributed by atoms with E-state index < -0.39 is 9.53 Å². The van der Waals surface area contributed by atoms with E-state index in [0.717, 1.165) is 5.56 Å². The first-order valence-corrected chi connectivity index (χ1v) is 5.74. The highest BCUT2D eigenvalue weighted by Crippen LogP contribution is 2.01. The molecule has 1 atom stereocenters. The molecular weight excluding hydrogens is 184 g/mol. The lowest BCUT2D eigenvalue weighted by atomic mass is 10.2. The average molecular weight is 198 g/mol. The SMILES string of the molecule is CCO[SiH](O)OCc1ccccc1. The molecule has 1 N–H and O–H groups in total. The van der Waals surface area contributed by atoms with E-state index in [1.54, 1.807) is 0 Å². The third-order valence-corrected chi connectivity index (χ3v) is 2.61. The van der Waals surface area contributed by atoms with Gasteiger partial charge in [-0.05, 0) is 12.5 Å². The molecule has 1 aromatic carbocycles. The Bertz CT molecular complexity index is 228. The summed E-state index contributed by atoms with van der Waals surface area (Å²) in [6.07, 6.45) is 0. The van der Waals surface area contributed by atoms with Crippen molar-refractivity contribution in [1.29, 1.82) is 0 Å². The molecule has 13 heavy (non-hydrogen) atoms. The van der Waals surface area contributed by atoms with Crippen LogP contribution in [0.1, 0.15) is 12.5 Å². The maximum atomic E-state index is 9.20. The Morgan fingerprint density at radius 2 is 1.92 bits per heavy atom. The summed E-state index contributed by atoms with van der Waals surface area (Å²) in [4.78, 5) is 9.20. The van der Waals surface area contributed by atoms with Crippen LogP contribution < -0.4 is 0 Å². The summed E-state index contributed by atoms with van der Waals surface area (Å²) in [5.41, 5.74) is 1.05. The second-order valence-corrected chi connectivity index (χ2v) is 3.84. The Balaban J connectivity index is 2.27. The summed E-state index contributed by atoms with van der Waals surface area (Å²) in [5.74, 6) is 0. The van der Waals surface area contributed by atoms with Crippen molar-refractivity contribution in [3.8, 4) is 0 Å². The van der Waals surface area contributed by atoms with Gasteiger partial charge in [-0.25, -0.2) is 0 Å². The van der Waals surface area contributed by atoms with Gasteiger partial charge in [0.2, 0.25) is 0 Å². The first-order valence-electron chi connectivity index (χ1n) is 4.28. The Hall–Kier alpha value is -0.683. The minimum absolute atomic E-state index is 0.425. The van der Waals surface area contributed by atoms with Gasteiger partial charge in [0.1, 0.15) is 0 Å². The number of hydrogen-bond acceptors (Lipinski definition) is 3. The van der Waals surface area contributed by atoms with E-state index >= 15 is 0 Å². The van der Waals surface area contributed by atoms with Gasteiger partial charge < -0.3 is 13.6 Å². The van der Waals surface area contributed by atoms with Gasteiger partial charge in [0, 0.05) is 6.61 Å². The molecule has 0 saturated carbocycles. The molecule has 0 radical (unpaired) electrons. The second-order valence-electron chi connectivity index (χ2n) is 2.56. The zero-order valence-electron chi connectivity index (χ0n) is 7.64. The van der Waals surface area contributed by atoms with Crippen molar-refractivity contribution in [2.75, 3.05) is 6.61 Å². The molecule has 0 aliphatic carbocycles. The Kier molecular flexibility index (Phi) is 4.70. The van der Waals surface area contributed by atoms with Crippen LogP contribution in [-0.4, -0.2) is 20.9 Å². The smallest absolute Gasteiger partial charge is 0.392 e. The Morgan fingerprint density at radius 1 is 1.23 bits per heavy atom. The maximum Gasteiger partial charge on any atom is 0.481 e. The predicted molar refractivity (Wildman–Crippen MR) is 52.2 cm³/mol. The van der Waals surface area contributed by atoms with Gasteiger partial charge in [-0.1, -0.05) is 30.3 Å². The third-order valence-electron chi connectivity index (χ3n) is 1.54. The molecule has 0 spiro atoms. The third kappa shape index (κ3) is 4.19. The van der Waals surface area contributed by atoms with Crippen molar-refractivity contribution in [3.05, 3.63) is 35.9 Å². The van der Waals surface area contributed by atoms with Crippen molar-refractivity contribution in [2.24, 2.45) is 0 Å². The van der Waals surface area contributed by atoms with Gasteiger partial charge in [-0.2, -0.15) is 0 Å². The monoisotopic (exact) mass is 198 g/mol. The van der Waals surface area contributed by atoms with Gasteiger partial charge >= 0.3 is 9.53 Å². The fourth-order valence-corrected chi connectivity index (χ4v) is 1.65. The van der Waals surface area contributed by atoms with Crippen LogP contribution in [0, 0.1) is 0 Å². The number of hydrogen-bond donors (Lipinski definition) is 1. The van der Waals surface area contributed by atoms with Crippen LogP contribution in [0.15, 0.2) is 30.3 Å². The molecule has 0 aliphatic heterocycles. The molecule has 0 fully saturated rings. The van der Waals surface area contributed by atoms with Crippen LogP contribution in [-0.2, 0) is 15.5 Å². The normalized spacial score (nSPS) is 12.8. The molecule has 0 heterocycles. The largest absolute Gasteiger partial charge is 0.481 e. The van der Waals surface area contributed by atoms with Crippen LogP contribution in [0.3, 0.4) is 0 Å². The van der Waals surface area contributed by atoms with E-state index in [0.29, 0.717) is 13.2 Å². The van der Waals surface area contributed by atoms with E-state index in [9.17, 15) is 4.80 Å². The quantitative estimate of drug-likeness (QED) is 0.716.